The molecule has 150 valence electrons. The zero-order chi connectivity index (χ0) is 21.1. The Bertz CT molecular complexity index is 311. The number of rotatable bonds is 6. The van der Waals surface area contributed by atoms with Crippen molar-refractivity contribution in [2.45, 2.75) is 96.8 Å². The minimum absolute atomic E-state index is 0.111. The molecule has 25 heavy (non-hydrogen) atoms. The van der Waals surface area contributed by atoms with Crippen LogP contribution in [0.5, 0.6) is 0 Å². The Kier molecular flexibility index (Phi) is 17.5. The van der Waals surface area contributed by atoms with Gasteiger partial charge in [0.15, 0.2) is 0 Å². The average molecular weight is 589 g/mol. The van der Waals surface area contributed by atoms with Gasteiger partial charge in [-0.2, -0.15) is 0 Å². The second-order valence-electron chi connectivity index (χ2n) is 10.5. The fourth-order valence-corrected chi connectivity index (χ4v) is 20.8. The van der Waals surface area contributed by atoms with Gasteiger partial charge < -0.3 is 9.30 Å². The van der Waals surface area contributed by atoms with Gasteiger partial charge in [0.1, 0.15) is 0 Å². The Morgan fingerprint density at radius 1 is 0.680 bits per heavy atom. The molecule has 0 saturated carbocycles. The van der Waals surface area contributed by atoms with Crippen LogP contribution in [-0.4, -0.2) is 51.9 Å². The first kappa shape index (κ1) is 31.5. The zero-order valence-corrected chi connectivity index (χ0v) is 28.0. The summed E-state index contributed by atoms with van der Waals surface area (Å²) in [5.41, 5.74) is 1.44. The minimum atomic E-state index is -1.11. The Morgan fingerprint density at radius 3 is 0.960 bits per heavy atom. The van der Waals surface area contributed by atoms with Crippen molar-refractivity contribution in [3.63, 3.8) is 0 Å². The van der Waals surface area contributed by atoms with Crippen molar-refractivity contribution in [3.8, 4) is 0 Å². The van der Waals surface area contributed by atoms with Crippen LogP contribution in [0.2, 0.25) is 83.0 Å². The van der Waals surface area contributed by atoms with Crippen LogP contribution in [0.15, 0.2) is 11.6 Å². The van der Waals surface area contributed by atoms with Crippen molar-refractivity contribution in [3.05, 3.63) is 20.9 Å². The summed E-state index contributed by atoms with van der Waals surface area (Å²) in [4.78, 5) is 0. The maximum atomic E-state index is 4.82. The van der Waals surface area contributed by atoms with E-state index in [1.54, 1.807) is 0 Å². The summed E-state index contributed by atoms with van der Waals surface area (Å²) in [5.74, 6) is 0. The van der Waals surface area contributed by atoms with Gasteiger partial charge >= 0.3 is 61.6 Å². The van der Waals surface area contributed by atoms with E-state index < -0.39 is 32.9 Å². The molecule has 0 heterocycles. The molecule has 0 N–H and O–H groups in total. The Labute approximate surface area is 181 Å². The smallest absolute Gasteiger partial charge is 0.0691 e. The van der Waals surface area contributed by atoms with E-state index in [2.05, 4.69) is 111 Å². The third-order valence-electron chi connectivity index (χ3n) is 1.93. The van der Waals surface area contributed by atoms with Gasteiger partial charge in [0.05, 0.1) is 0 Å². The first-order valence-electron chi connectivity index (χ1n) is 9.13. The molecule has 0 aromatic heterocycles. The molecular weight excluding hydrogens is 543 g/mol. The van der Waals surface area contributed by atoms with Crippen molar-refractivity contribution in [2.24, 2.45) is 0 Å². The summed E-state index contributed by atoms with van der Waals surface area (Å²) in [7, 11) is -4.42. The summed E-state index contributed by atoms with van der Waals surface area (Å²) < 4.78 is 11.0. The van der Waals surface area contributed by atoms with Gasteiger partial charge in [-0.05, 0) is 0 Å². The number of nitrogens with zero attached hydrogens (tertiary/aromatic N) is 2. The molecule has 0 fully saturated rings. The van der Waals surface area contributed by atoms with Gasteiger partial charge in [-0.25, -0.2) is 0 Å². The van der Waals surface area contributed by atoms with Crippen LogP contribution < -0.4 is 0 Å². The van der Waals surface area contributed by atoms with Gasteiger partial charge in [-0.1, -0.05) is 112 Å². The molecule has 0 spiro atoms. The van der Waals surface area contributed by atoms with Gasteiger partial charge in [0, 0.05) is 0 Å². The van der Waals surface area contributed by atoms with Gasteiger partial charge in [-0.3, -0.25) is 0 Å². The average Bonchev–Trinajstić information content (AvgIpc) is 2.16. The second-order valence-corrected chi connectivity index (χ2v) is 35.4. The second kappa shape index (κ2) is 13.9. The molecule has 8 heteroatoms. The maximum Gasteiger partial charge on any atom is -0.0691 e. The summed E-state index contributed by atoms with van der Waals surface area (Å²) in [5, 5.41) is 0. The van der Waals surface area contributed by atoms with Crippen molar-refractivity contribution in [1.29, 1.82) is 0 Å². The SMILES string of the molecule is CC(C)=C[CH2][Sn+2][Br].C[Si](C)(C)[N-][Si](C)(C)C.C[Si](C)(C)[N-][Si](C)(C)C. The molecule has 0 aromatic rings. The van der Waals surface area contributed by atoms with Crippen LogP contribution >= 0.6 is 12.7 Å². The molecule has 0 bridgehead atoms. The molecule has 0 aliphatic rings. The predicted octanol–water partition coefficient (Wildman–Crippen LogP) is 8.44. The largest absolute Gasteiger partial charge is 0.668 e. The quantitative estimate of drug-likeness (QED) is 0.220. The molecule has 0 atom stereocenters. The molecule has 0 aliphatic carbocycles. The maximum absolute atomic E-state index is 4.82. The fraction of sp³-hybridized carbons (Fsp3) is 0.882. The third kappa shape index (κ3) is 46.1. The summed E-state index contributed by atoms with van der Waals surface area (Å²) in [6.45, 7) is 31.8. The van der Waals surface area contributed by atoms with E-state index in [0.29, 0.717) is 0 Å². The molecule has 0 radical (unpaired) electrons. The molecule has 0 saturated heterocycles. The van der Waals surface area contributed by atoms with Crippen LogP contribution in [0, 0.1) is 0 Å². The first-order chi connectivity index (χ1) is 10.7. The molecule has 2 nitrogen and oxygen atoms in total. The fourth-order valence-electron chi connectivity index (χ4n) is 2.26. The van der Waals surface area contributed by atoms with Gasteiger partial charge in [-0.15, -0.1) is 0 Å². The van der Waals surface area contributed by atoms with E-state index >= 15 is 0 Å². The molecule has 0 aliphatic heterocycles. The Hall–Kier alpha value is 1.81. The van der Waals surface area contributed by atoms with Gasteiger partial charge in [0.2, 0.25) is 0 Å². The van der Waals surface area contributed by atoms with E-state index in [1.807, 2.05) is 0 Å². The molecular formula is C17H45BrN2Si4Sn. The predicted molar refractivity (Wildman–Crippen MR) is 139 cm³/mol. The molecule has 0 unspecified atom stereocenters. The molecule has 0 aromatic carbocycles. The van der Waals surface area contributed by atoms with E-state index in [-0.39, 0.29) is 18.9 Å². The summed E-state index contributed by atoms with van der Waals surface area (Å²) >= 11 is 3.39. The van der Waals surface area contributed by atoms with E-state index in [9.17, 15) is 0 Å². The minimum Gasteiger partial charge on any atom is -0.668 e. The van der Waals surface area contributed by atoms with Crippen molar-refractivity contribution < 1.29 is 0 Å². The van der Waals surface area contributed by atoms with E-state index in [0.717, 1.165) is 0 Å². The summed E-state index contributed by atoms with van der Waals surface area (Å²) in [6.07, 6.45) is 2.29. The number of allylic oxidation sites excluding steroid dienone is 2. The Balaban J connectivity index is -0.000000293. The van der Waals surface area contributed by atoms with E-state index in [4.69, 9.17) is 9.30 Å². The zero-order valence-electron chi connectivity index (χ0n) is 19.6. The van der Waals surface area contributed by atoms with E-state index in [1.165, 1.54) is 10.0 Å². The van der Waals surface area contributed by atoms with Crippen LogP contribution in [0.4, 0.5) is 0 Å². The summed E-state index contributed by atoms with van der Waals surface area (Å²) in [6, 6.07) is 0. The van der Waals surface area contributed by atoms with Crippen LogP contribution in [0.3, 0.4) is 0 Å². The van der Waals surface area contributed by atoms with Gasteiger partial charge in [0.25, 0.3) is 0 Å². The molecule has 0 rings (SSSR count). The van der Waals surface area contributed by atoms with Crippen LogP contribution in [0.1, 0.15) is 13.8 Å². The topological polar surface area (TPSA) is 28.2 Å². The number of halogens is 1. The standard InChI is InChI=1S/2C6H18NSi2.C5H9.BrH.Sn/c2*1-8(2,3)7-9(4,5)6;1-4-5(2)3;;/h2*1-6H3;4H,1H2,2-3H3;1H;/q2*-1;;;+3/p-1. The van der Waals surface area contributed by atoms with Crippen molar-refractivity contribution in [2.75, 3.05) is 0 Å². The third-order valence-corrected chi connectivity index (χ3v) is 15.9. The molecule has 0 amide bonds. The number of hydrogen-bond donors (Lipinski definition) is 0. The van der Waals surface area contributed by atoms with Crippen LogP contribution in [-0.2, 0) is 0 Å². The normalized spacial score (nSPS) is 12.1. The Morgan fingerprint density at radius 2 is 0.920 bits per heavy atom. The van der Waals surface area contributed by atoms with Crippen molar-refractivity contribution in [1.82, 2.24) is 0 Å². The van der Waals surface area contributed by atoms with Crippen molar-refractivity contribution >= 4 is 64.6 Å². The monoisotopic (exact) mass is 588 g/mol. The first-order valence-corrected chi connectivity index (χ1v) is 31.3. The van der Waals surface area contributed by atoms with Crippen LogP contribution in [0.25, 0.3) is 9.30 Å². The number of hydrogen-bond acceptors (Lipinski definition) is 0.